The fraction of sp³-hybridized carbons (Fsp3) is 0. The summed E-state index contributed by atoms with van der Waals surface area (Å²) in [6.45, 7) is 0. The molecule has 2 aromatic rings. The fourth-order valence-electron chi connectivity index (χ4n) is 1.49. The SMILES string of the molecule is O=C(O)C=Cc1ccc(NC(=O)c2ccsc2)c(F)c1. The molecule has 0 aliphatic carbocycles. The highest BCUT2D eigenvalue weighted by Gasteiger charge is 2.09. The van der Waals surface area contributed by atoms with Crippen LogP contribution in [0.25, 0.3) is 6.08 Å². The second-order valence-electron chi connectivity index (χ2n) is 3.88. The molecular weight excluding hydrogens is 281 g/mol. The Bertz CT molecular complexity index is 665. The lowest BCUT2D eigenvalue weighted by Gasteiger charge is -2.06. The predicted molar refractivity (Wildman–Crippen MR) is 75.3 cm³/mol. The van der Waals surface area contributed by atoms with Crippen LogP contribution in [0.1, 0.15) is 15.9 Å². The minimum absolute atomic E-state index is 0.0497. The number of benzene rings is 1. The molecule has 0 aliphatic rings. The Balaban J connectivity index is 2.14. The van der Waals surface area contributed by atoms with Gasteiger partial charge in [-0.05, 0) is 35.2 Å². The quantitative estimate of drug-likeness (QED) is 0.850. The maximum absolute atomic E-state index is 13.8. The number of nitrogens with one attached hydrogen (secondary N) is 1. The maximum atomic E-state index is 13.8. The first-order chi connectivity index (χ1) is 9.56. The first-order valence-corrected chi connectivity index (χ1v) is 6.54. The predicted octanol–water partition coefficient (Wildman–Crippen LogP) is 3.24. The zero-order valence-electron chi connectivity index (χ0n) is 10.2. The van der Waals surface area contributed by atoms with E-state index in [4.69, 9.17) is 5.11 Å². The second kappa shape index (κ2) is 6.12. The average molecular weight is 291 g/mol. The van der Waals surface area contributed by atoms with Gasteiger partial charge in [0.2, 0.25) is 0 Å². The summed E-state index contributed by atoms with van der Waals surface area (Å²) in [7, 11) is 0. The number of hydrogen-bond acceptors (Lipinski definition) is 3. The zero-order chi connectivity index (χ0) is 14.5. The van der Waals surface area contributed by atoms with Gasteiger partial charge in [-0.2, -0.15) is 11.3 Å². The van der Waals surface area contributed by atoms with Crippen molar-refractivity contribution in [1.29, 1.82) is 0 Å². The van der Waals surface area contributed by atoms with Crippen LogP contribution in [0.3, 0.4) is 0 Å². The molecule has 0 bridgehead atoms. The Morgan fingerprint density at radius 2 is 2.10 bits per heavy atom. The molecule has 20 heavy (non-hydrogen) atoms. The number of carboxylic acids is 1. The van der Waals surface area contributed by atoms with E-state index in [0.717, 1.165) is 12.1 Å². The van der Waals surface area contributed by atoms with Gasteiger partial charge >= 0.3 is 5.97 Å². The van der Waals surface area contributed by atoms with Gasteiger partial charge in [-0.25, -0.2) is 9.18 Å². The monoisotopic (exact) mass is 291 g/mol. The van der Waals surface area contributed by atoms with Gasteiger partial charge in [0.15, 0.2) is 0 Å². The van der Waals surface area contributed by atoms with Gasteiger partial charge in [-0.15, -0.1) is 0 Å². The highest BCUT2D eigenvalue weighted by atomic mass is 32.1. The van der Waals surface area contributed by atoms with E-state index >= 15 is 0 Å². The number of carbonyl (C=O) groups excluding carboxylic acids is 1. The summed E-state index contributed by atoms with van der Waals surface area (Å²) in [5.74, 6) is -2.12. The molecule has 1 heterocycles. The zero-order valence-corrected chi connectivity index (χ0v) is 11.0. The van der Waals surface area contributed by atoms with E-state index in [9.17, 15) is 14.0 Å². The Morgan fingerprint density at radius 3 is 2.70 bits per heavy atom. The van der Waals surface area contributed by atoms with Gasteiger partial charge in [-0.3, -0.25) is 4.79 Å². The Labute approximate surface area is 118 Å². The average Bonchev–Trinajstić information content (AvgIpc) is 2.93. The summed E-state index contributed by atoms with van der Waals surface area (Å²) in [5.41, 5.74) is 0.913. The van der Waals surface area contributed by atoms with E-state index in [1.165, 1.54) is 29.5 Å². The van der Waals surface area contributed by atoms with Gasteiger partial charge < -0.3 is 10.4 Å². The van der Waals surface area contributed by atoms with Gasteiger partial charge in [0.25, 0.3) is 5.91 Å². The molecule has 0 spiro atoms. The van der Waals surface area contributed by atoms with Crippen molar-refractivity contribution in [2.24, 2.45) is 0 Å². The summed E-state index contributed by atoms with van der Waals surface area (Å²) >= 11 is 1.38. The number of aliphatic carboxylic acids is 1. The van der Waals surface area contributed by atoms with Crippen LogP contribution >= 0.6 is 11.3 Å². The van der Waals surface area contributed by atoms with Crippen LogP contribution in [-0.2, 0) is 4.79 Å². The lowest BCUT2D eigenvalue weighted by molar-refractivity contribution is -0.131. The number of thiophene rings is 1. The second-order valence-corrected chi connectivity index (χ2v) is 4.66. The van der Waals surface area contributed by atoms with Crippen LogP contribution in [0.5, 0.6) is 0 Å². The summed E-state index contributed by atoms with van der Waals surface area (Å²) in [5, 5.41) is 14.4. The molecule has 2 N–H and O–H groups in total. The fourth-order valence-corrected chi connectivity index (χ4v) is 2.13. The Kier molecular flexibility index (Phi) is 4.27. The number of carboxylic acid groups (broad SMARTS) is 1. The van der Waals surface area contributed by atoms with Crippen molar-refractivity contribution in [3.63, 3.8) is 0 Å². The molecule has 1 amide bonds. The Morgan fingerprint density at radius 1 is 1.30 bits per heavy atom. The van der Waals surface area contributed by atoms with E-state index in [-0.39, 0.29) is 11.6 Å². The van der Waals surface area contributed by atoms with E-state index in [1.54, 1.807) is 16.8 Å². The van der Waals surface area contributed by atoms with E-state index < -0.39 is 11.8 Å². The molecule has 0 aliphatic heterocycles. The van der Waals surface area contributed by atoms with Crippen LogP contribution < -0.4 is 5.32 Å². The normalized spacial score (nSPS) is 10.7. The maximum Gasteiger partial charge on any atom is 0.328 e. The molecule has 4 nitrogen and oxygen atoms in total. The third kappa shape index (κ3) is 3.52. The molecule has 0 unspecified atom stereocenters. The molecule has 2 rings (SSSR count). The molecule has 0 fully saturated rings. The molecule has 102 valence electrons. The first-order valence-electron chi connectivity index (χ1n) is 5.60. The number of rotatable bonds is 4. The molecule has 1 aromatic carbocycles. The van der Waals surface area contributed by atoms with Crippen LogP contribution in [0.15, 0.2) is 41.1 Å². The highest BCUT2D eigenvalue weighted by Crippen LogP contribution is 2.18. The Hall–Kier alpha value is -2.47. The third-order valence-corrected chi connectivity index (χ3v) is 3.13. The smallest absolute Gasteiger partial charge is 0.328 e. The van der Waals surface area contributed by atoms with E-state index in [2.05, 4.69) is 5.32 Å². The number of amides is 1. The highest BCUT2D eigenvalue weighted by molar-refractivity contribution is 7.08. The number of hydrogen-bond donors (Lipinski definition) is 2. The summed E-state index contributed by atoms with van der Waals surface area (Å²) in [6.07, 6.45) is 2.19. The van der Waals surface area contributed by atoms with Crippen LogP contribution in [0, 0.1) is 5.82 Å². The molecule has 0 saturated carbocycles. The van der Waals surface area contributed by atoms with Gasteiger partial charge in [0.1, 0.15) is 5.82 Å². The number of carbonyl (C=O) groups is 2. The molecule has 0 atom stereocenters. The number of halogens is 1. The van der Waals surface area contributed by atoms with Crippen molar-refractivity contribution in [3.8, 4) is 0 Å². The largest absolute Gasteiger partial charge is 0.478 e. The molecule has 0 saturated heterocycles. The molecule has 0 radical (unpaired) electrons. The van der Waals surface area contributed by atoms with Crippen molar-refractivity contribution in [3.05, 3.63) is 58.0 Å². The van der Waals surface area contributed by atoms with Crippen LogP contribution in [0.4, 0.5) is 10.1 Å². The van der Waals surface area contributed by atoms with Crippen molar-refractivity contribution in [1.82, 2.24) is 0 Å². The third-order valence-electron chi connectivity index (χ3n) is 2.44. The van der Waals surface area contributed by atoms with Crippen LogP contribution in [-0.4, -0.2) is 17.0 Å². The first kappa shape index (κ1) is 14.0. The lowest BCUT2D eigenvalue weighted by Crippen LogP contribution is -2.12. The minimum Gasteiger partial charge on any atom is -0.478 e. The van der Waals surface area contributed by atoms with Gasteiger partial charge in [0.05, 0.1) is 11.3 Å². The van der Waals surface area contributed by atoms with E-state index in [1.807, 2.05) is 0 Å². The van der Waals surface area contributed by atoms with Gasteiger partial charge in [0, 0.05) is 11.5 Å². The van der Waals surface area contributed by atoms with Gasteiger partial charge in [-0.1, -0.05) is 6.07 Å². The van der Waals surface area contributed by atoms with Crippen molar-refractivity contribution in [2.75, 3.05) is 5.32 Å². The molecule has 1 aromatic heterocycles. The van der Waals surface area contributed by atoms with Crippen molar-refractivity contribution >= 4 is 35.0 Å². The standard InChI is InChI=1S/C14H10FNO3S/c15-11-7-9(2-4-13(17)18)1-3-12(11)16-14(19)10-5-6-20-8-10/h1-8H,(H,16,19)(H,17,18). The minimum atomic E-state index is -1.11. The summed E-state index contributed by atoms with van der Waals surface area (Å²) < 4.78 is 13.8. The molecule has 6 heteroatoms. The topological polar surface area (TPSA) is 66.4 Å². The van der Waals surface area contributed by atoms with Crippen molar-refractivity contribution in [2.45, 2.75) is 0 Å². The van der Waals surface area contributed by atoms with Crippen molar-refractivity contribution < 1.29 is 19.1 Å². The molecular formula is C14H10FNO3S. The summed E-state index contributed by atoms with van der Waals surface area (Å²) in [6, 6.07) is 5.71. The summed E-state index contributed by atoms with van der Waals surface area (Å²) in [4.78, 5) is 22.1. The number of anilines is 1. The lowest BCUT2D eigenvalue weighted by atomic mass is 10.1. The van der Waals surface area contributed by atoms with Crippen LogP contribution in [0.2, 0.25) is 0 Å². The van der Waals surface area contributed by atoms with E-state index in [0.29, 0.717) is 11.1 Å².